The Bertz CT molecular complexity index is 917. The van der Waals surface area contributed by atoms with E-state index in [0.717, 1.165) is 11.6 Å². The number of hydrogen-bond donors (Lipinski definition) is 3. The zero-order chi connectivity index (χ0) is 22.1. The smallest absolute Gasteiger partial charge is 0.272 e. The van der Waals surface area contributed by atoms with E-state index in [-0.39, 0.29) is 31.0 Å². The molecule has 0 aromatic heterocycles. The molecule has 3 N–H and O–H groups in total. The molecule has 2 rings (SSSR count). The molecule has 8 nitrogen and oxygen atoms in total. The molecule has 2 unspecified atom stereocenters. The second-order valence-electron chi connectivity index (χ2n) is 6.60. The fourth-order valence-electron chi connectivity index (χ4n) is 3.37. The van der Waals surface area contributed by atoms with Gasteiger partial charge in [0.15, 0.2) is 0 Å². The summed E-state index contributed by atoms with van der Waals surface area (Å²) >= 11 is 6.00. The van der Waals surface area contributed by atoms with Crippen LogP contribution in [0.15, 0.2) is 61.2 Å². The predicted octanol–water partition coefficient (Wildman–Crippen LogP) is 3.70. The van der Waals surface area contributed by atoms with E-state index in [1.165, 1.54) is 6.07 Å². The molecule has 2 atom stereocenters. The Morgan fingerprint density at radius 2 is 1.83 bits per heavy atom. The van der Waals surface area contributed by atoms with E-state index in [1.807, 2.05) is 0 Å². The highest BCUT2D eigenvalue weighted by atomic mass is 35.5. The van der Waals surface area contributed by atoms with Crippen molar-refractivity contribution >= 4 is 29.1 Å². The van der Waals surface area contributed by atoms with Crippen LogP contribution in [0.4, 0.5) is 5.69 Å². The first-order valence-electron chi connectivity index (χ1n) is 9.19. The van der Waals surface area contributed by atoms with Crippen LogP contribution in [0.3, 0.4) is 0 Å². The van der Waals surface area contributed by atoms with Crippen molar-refractivity contribution in [3.63, 3.8) is 0 Å². The first kappa shape index (κ1) is 23.1. The highest BCUT2D eigenvalue weighted by Crippen LogP contribution is 2.40. The number of amides is 2. The number of para-hydroxylation sites is 1. The number of carbonyl (C=O) groups excluding carboxylic acids is 2. The first-order valence-corrected chi connectivity index (χ1v) is 9.57. The van der Waals surface area contributed by atoms with Gasteiger partial charge in [0.05, 0.1) is 4.92 Å². The summed E-state index contributed by atoms with van der Waals surface area (Å²) in [4.78, 5) is 34.6. The van der Waals surface area contributed by atoms with Gasteiger partial charge >= 0.3 is 0 Å². The van der Waals surface area contributed by atoms with Crippen LogP contribution in [0, 0.1) is 10.1 Å². The van der Waals surface area contributed by atoms with Gasteiger partial charge in [0.1, 0.15) is 0 Å². The number of hydroxylamine groups is 1. The SMILES string of the molecule is C=CC(=O)NCC(c1ccc(Cl)cc1)C(CCC(=O)NO)c1ccccc1[N+](=O)[O-]. The summed E-state index contributed by atoms with van der Waals surface area (Å²) in [7, 11) is 0. The van der Waals surface area contributed by atoms with Crippen LogP contribution >= 0.6 is 11.6 Å². The van der Waals surface area contributed by atoms with Gasteiger partial charge in [0, 0.05) is 35.5 Å². The molecule has 0 fully saturated rings. The molecule has 2 aromatic carbocycles. The summed E-state index contributed by atoms with van der Waals surface area (Å²) in [6, 6.07) is 13.2. The van der Waals surface area contributed by atoms with Crippen molar-refractivity contribution in [3.05, 3.63) is 87.4 Å². The van der Waals surface area contributed by atoms with Gasteiger partial charge in [0.2, 0.25) is 11.8 Å². The van der Waals surface area contributed by atoms with E-state index in [4.69, 9.17) is 16.8 Å². The molecule has 9 heteroatoms. The van der Waals surface area contributed by atoms with Gasteiger partial charge in [-0.15, -0.1) is 0 Å². The van der Waals surface area contributed by atoms with Crippen LogP contribution in [0.1, 0.15) is 35.8 Å². The lowest BCUT2D eigenvalue weighted by molar-refractivity contribution is -0.385. The molecule has 158 valence electrons. The number of nitro benzene ring substituents is 1. The third kappa shape index (κ3) is 6.13. The highest BCUT2D eigenvalue weighted by Gasteiger charge is 2.30. The molecule has 0 aliphatic rings. The second-order valence-corrected chi connectivity index (χ2v) is 7.04. The van der Waals surface area contributed by atoms with Gasteiger partial charge in [-0.2, -0.15) is 0 Å². The number of benzene rings is 2. The quantitative estimate of drug-likeness (QED) is 0.229. The van der Waals surface area contributed by atoms with Crippen molar-refractivity contribution in [1.29, 1.82) is 0 Å². The molecule has 0 aliphatic carbocycles. The summed E-state index contributed by atoms with van der Waals surface area (Å²) in [5.74, 6) is -1.90. The van der Waals surface area contributed by atoms with E-state index in [1.54, 1.807) is 47.9 Å². The zero-order valence-corrected chi connectivity index (χ0v) is 16.8. The van der Waals surface area contributed by atoms with Gasteiger partial charge in [0.25, 0.3) is 5.69 Å². The van der Waals surface area contributed by atoms with Gasteiger partial charge < -0.3 is 5.32 Å². The third-order valence-electron chi connectivity index (χ3n) is 4.81. The maximum Gasteiger partial charge on any atom is 0.272 e. The standard InChI is InChI=1S/C21H22ClN3O5/c1-2-20(26)23-13-18(14-7-9-15(22)10-8-14)16(11-12-21(27)24-28)17-5-3-4-6-19(17)25(29)30/h2-10,16,18,28H,1,11-13H2,(H,23,26)(H,24,27). The molecular weight excluding hydrogens is 410 g/mol. The van der Waals surface area contributed by atoms with E-state index in [0.29, 0.717) is 10.6 Å². The lowest BCUT2D eigenvalue weighted by Gasteiger charge is -2.28. The minimum atomic E-state index is -0.608. The normalized spacial score (nSPS) is 12.5. The van der Waals surface area contributed by atoms with Gasteiger partial charge in [-0.25, -0.2) is 5.48 Å². The van der Waals surface area contributed by atoms with Crippen LogP contribution in [0.25, 0.3) is 0 Å². The van der Waals surface area contributed by atoms with E-state index in [2.05, 4.69) is 11.9 Å². The molecule has 0 heterocycles. The minimum absolute atomic E-state index is 0.0628. The molecule has 0 spiro atoms. The van der Waals surface area contributed by atoms with Crippen molar-refractivity contribution in [3.8, 4) is 0 Å². The van der Waals surface area contributed by atoms with E-state index < -0.39 is 22.7 Å². The molecule has 0 radical (unpaired) electrons. The molecule has 2 amide bonds. The summed E-state index contributed by atoms with van der Waals surface area (Å²) < 4.78 is 0. The topological polar surface area (TPSA) is 122 Å². The number of nitrogens with one attached hydrogen (secondary N) is 2. The summed E-state index contributed by atoms with van der Waals surface area (Å²) in [6.45, 7) is 3.59. The number of rotatable bonds is 10. The molecule has 0 saturated heterocycles. The predicted molar refractivity (Wildman–Crippen MR) is 112 cm³/mol. The Morgan fingerprint density at radius 1 is 1.17 bits per heavy atom. The number of nitro groups is 1. The number of hydrogen-bond acceptors (Lipinski definition) is 5. The maximum atomic E-state index is 11.8. The largest absolute Gasteiger partial charge is 0.352 e. The Balaban J connectivity index is 2.54. The second kappa shape index (κ2) is 11.1. The van der Waals surface area contributed by atoms with Crippen LogP contribution in [0.2, 0.25) is 5.02 Å². The number of nitrogens with zero attached hydrogens (tertiary/aromatic N) is 1. The monoisotopic (exact) mass is 431 g/mol. The van der Waals surface area contributed by atoms with Crippen molar-refractivity contribution in [1.82, 2.24) is 10.8 Å². The molecule has 0 bridgehead atoms. The number of halogens is 1. The summed E-state index contributed by atoms with van der Waals surface area (Å²) in [5, 5.41) is 23.7. The van der Waals surface area contributed by atoms with Crippen LogP contribution < -0.4 is 10.8 Å². The Labute approximate surface area is 178 Å². The average molecular weight is 432 g/mol. The Morgan fingerprint density at radius 3 is 2.43 bits per heavy atom. The van der Waals surface area contributed by atoms with Crippen molar-refractivity contribution in [2.45, 2.75) is 24.7 Å². The fraction of sp³-hybridized carbons (Fsp3) is 0.238. The molecular formula is C21H22ClN3O5. The van der Waals surface area contributed by atoms with Gasteiger partial charge in [-0.3, -0.25) is 24.9 Å². The summed E-state index contributed by atoms with van der Waals surface area (Å²) in [5.41, 5.74) is 2.72. The third-order valence-corrected chi connectivity index (χ3v) is 5.06. The van der Waals surface area contributed by atoms with Gasteiger partial charge in [-0.05, 0) is 36.1 Å². The molecule has 0 saturated carbocycles. The van der Waals surface area contributed by atoms with Crippen molar-refractivity contribution < 1.29 is 19.7 Å². The van der Waals surface area contributed by atoms with Gasteiger partial charge in [-0.1, -0.05) is 48.5 Å². The summed E-state index contributed by atoms with van der Waals surface area (Å²) in [6.07, 6.45) is 1.28. The van der Waals surface area contributed by atoms with Crippen LogP contribution in [-0.4, -0.2) is 28.5 Å². The fourth-order valence-corrected chi connectivity index (χ4v) is 3.49. The van der Waals surface area contributed by atoms with Crippen LogP contribution in [-0.2, 0) is 9.59 Å². The van der Waals surface area contributed by atoms with Crippen molar-refractivity contribution in [2.24, 2.45) is 0 Å². The molecule has 30 heavy (non-hydrogen) atoms. The highest BCUT2D eigenvalue weighted by molar-refractivity contribution is 6.30. The lowest BCUT2D eigenvalue weighted by Crippen LogP contribution is -2.30. The van der Waals surface area contributed by atoms with Crippen molar-refractivity contribution in [2.75, 3.05) is 6.54 Å². The van der Waals surface area contributed by atoms with Crippen LogP contribution in [0.5, 0.6) is 0 Å². The zero-order valence-electron chi connectivity index (χ0n) is 16.1. The first-order chi connectivity index (χ1) is 14.4. The lowest BCUT2D eigenvalue weighted by atomic mass is 9.78. The maximum absolute atomic E-state index is 11.8. The minimum Gasteiger partial charge on any atom is -0.352 e. The number of carbonyl (C=O) groups is 2. The molecule has 2 aromatic rings. The van der Waals surface area contributed by atoms with E-state index >= 15 is 0 Å². The van der Waals surface area contributed by atoms with E-state index in [9.17, 15) is 19.7 Å². The average Bonchev–Trinajstić information content (AvgIpc) is 2.76. The Kier molecular flexibility index (Phi) is 8.52. The molecule has 0 aliphatic heterocycles. The Hall–Kier alpha value is -3.23.